The SMILES string of the molecule is CC#CCCC(=O)C1(O)CCC(C)CC1. The Morgan fingerprint density at radius 1 is 1.47 bits per heavy atom. The minimum Gasteiger partial charge on any atom is -0.382 e. The molecule has 2 heteroatoms. The monoisotopic (exact) mass is 208 g/mol. The van der Waals surface area contributed by atoms with E-state index in [2.05, 4.69) is 18.8 Å². The molecule has 0 saturated heterocycles. The van der Waals surface area contributed by atoms with Gasteiger partial charge in [-0.25, -0.2) is 0 Å². The molecule has 0 spiro atoms. The van der Waals surface area contributed by atoms with E-state index < -0.39 is 5.60 Å². The molecular formula is C13H20O2. The van der Waals surface area contributed by atoms with Crippen LogP contribution in [0, 0.1) is 17.8 Å². The maximum absolute atomic E-state index is 11.8. The highest BCUT2D eigenvalue weighted by Crippen LogP contribution is 2.33. The van der Waals surface area contributed by atoms with Gasteiger partial charge in [0.2, 0.25) is 0 Å². The molecule has 84 valence electrons. The zero-order valence-corrected chi connectivity index (χ0v) is 9.68. The lowest BCUT2D eigenvalue weighted by Gasteiger charge is -2.33. The zero-order valence-electron chi connectivity index (χ0n) is 9.68. The molecule has 0 aromatic rings. The number of rotatable bonds is 3. The lowest BCUT2D eigenvalue weighted by Crippen LogP contribution is -2.41. The molecule has 0 unspecified atom stereocenters. The topological polar surface area (TPSA) is 37.3 Å². The largest absolute Gasteiger partial charge is 0.382 e. The molecule has 0 bridgehead atoms. The van der Waals surface area contributed by atoms with E-state index in [-0.39, 0.29) is 5.78 Å². The third-order valence-electron chi connectivity index (χ3n) is 3.27. The zero-order chi connectivity index (χ0) is 11.3. The fourth-order valence-electron chi connectivity index (χ4n) is 2.05. The Bertz CT molecular complexity index is 275. The predicted molar refractivity (Wildman–Crippen MR) is 60.3 cm³/mol. The van der Waals surface area contributed by atoms with Crippen molar-refractivity contribution in [1.82, 2.24) is 0 Å². The second kappa shape index (κ2) is 5.32. The fraction of sp³-hybridized carbons (Fsp3) is 0.769. The van der Waals surface area contributed by atoms with Gasteiger partial charge < -0.3 is 5.11 Å². The molecule has 0 radical (unpaired) electrons. The minimum atomic E-state index is -1.04. The maximum Gasteiger partial charge on any atom is 0.165 e. The van der Waals surface area contributed by atoms with Gasteiger partial charge in [-0.3, -0.25) is 4.79 Å². The second-order valence-corrected chi connectivity index (χ2v) is 4.56. The van der Waals surface area contributed by atoms with Crippen molar-refractivity contribution in [3.8, 4) is 11.8 Å². The third kappa shape index (κ3) is 3.35. The Balaban J connectivity index is 2.45. The summed E-state index contributed by atoms with van der Waals surface area (Å²) >= 11 is 0. The lowest BCUT2D eigenvalue weighted by molar-refractivity contribution is -0.141. The molecule has 0 amide bonds. The van der Waals surface area contributed by atoms with Crippen LogP contribution in [0.5, 0.6) is 0 Å². The van der Waals surface area contributed by atoms with E-state index in [1.54, 1.807) is 6.92 Å². The van der Waals surface area contributed by atoms with Crippen LogP contribution in [0.2, 0.25) is 0 Å². The van der Waals surface area contributed by atoms with Crippen LogP contribution in [-0.2, 0) is 4.79 Å². The van der Waals surface area contributed by atoms with E-state index in [0.29, 0.717) is 31.6 Å². The van der Waals surface area contributed by atoms with E-state index >= 15 is 0 Å². The number of ketones is 1. The van der Waals surface area contributed by atoms with Crippen LogP contribution in [0.1, 0.15) is 52.4 Å². The molecule has 0 aromatic heterocycles. The Hall–Kier alpha value is -0.810. The summed E-state index contributed by atoms with van der Waals surface area (Å²) in [6.45, 7) is 3.94. The summed E-state index contributed by atoms with van der Waals surface area (Å²) < 4.78 is 0. The van der Waals surface area contributed by atoms with Crippen molar-refractivity contribution >= 4 is 5.78 Å². The quantitative estimate of drug-likeness (QED) is 0.723. The van der Waals surface area contributed by atoms with Gasteiger partial charge in [0, 0.05) is 12.8 Å². The predicted octanol–water partition coefficient (Wildman–Crippen LogP) is 2.30. The molecule has 1 rings (SSSR count). The molecule has 1 fully saturated rings. The molecule has 1 N–H and O–H groups in total. The van der Waals surface area contributed by atoms with Crippen LogP contribution in [0.25, 0.3) is 0 Å². The van der Waals surface area contributed by atoms with Crippen molar-refractivity contribution in [3.63, 3.8) is 0 Å². The molecule has 1 aliphatic rings. The van der Waals surface area contributed by atoms with E-state index in [0.717, 1.165) is 12.8 Å². The van der Waals surface area contributed by atoms with Crippen molar-refractivity contribution in [1.29, 1.82) is 0 Å². The number of carbonyl (C=O) groups is 1. The van der Waals surface area contributed by atoms with Crippen molar-refractivity contribution in [2.45, 2.75) is 58.0 Å². The van der Waals surface area contributed by atoms with Crippen LogP contribution in [0.3, 0.4) is 0 Å². The van der Waals surface area contributed by atoms with Gasteiger partial charge in [-0.05, 0) is 38.5 Å². The van der Waals surface area contributed by atoms with Crippen LogP contribution >= 0.6 is 0 Å². The molecule has 0 atom stereocenters. The van der Waals surface area contributed by atoms with E-state index in [1.165, 1.54) is 0 Å². The summed E-state index contributed by atoms with van der Waals surface area (Å²) in [7, 11) is 0. The Morgan fingerprint density at radius 2 is 2.07 bits per heavy atom. The van der Waals surface area contributed by atoms with Gasteiger partial charge in [0.1, 0.15) is 5.60 Å². The normalized spacial score (nSPS) is 30.5. The van der Waals surface area contributed by atoms with Crippen LogP contribution in [0.15, 0.2) is 0 Å². The average molecular weight is 208 g/mol. The highest BCUT2D eigenvalue weighted by molar-refractivity contribution is 5.87. The van der Waals surface area contributed by atoms with E-state index in [9.17, 15) is 9.90 Å². The fourth-order valence-corrected chi connectivity index (χ4v) is 2.05. The summed E-state index contributed by atoms with van der Waals surface area (Å²) in [5.41, 5.74) is -1.04. The van der Waals surface area contributed by atoms with Gasteiger partial charge >= 0.3 is 0 Å². The van der Waals surface area contributed by atoms with Crippen molar-refractivity contribution in [2.24, 2.45) is 5.92 Å². The third-order valence-corrected chi connectivity index (χ3v) is 3.27. The highest BCUT2D eigenvalue weighted by atomic mass is 16.3. The van der Waals surface area contributed by atoms with Crippen LogP contribution < -0.4 is 0 Å². The Kier molecular flexibility index (Phi) is 4.35. The van der Waals surface area contributed by atoms with Gasteiger partial charge in [0.05, 0.1) is 0 Å². The maximum atomic E-state index is 11.8. The summed E-state index contributed by atoms with van der Waals surface area (Å²) in [5, 5.41) is 10.2. The second-order valence-electron chi connectivity index (χ2n) is 4.56. The number of Topliss-reactive ketones (excluding diaryl/α,β-unsaturated/α-hetero) is 1. The van der Waals surface area contributed by atoms with E-state index in [1.807, 2.05) is 0 Å². The van der Waals surface area contributed by atoms with Crippen LogP contribution in [-0.4, -0.2) is 16.5 Å². The minimum absolute atomic E-state index is 0.0165. The standard InChI is InChI=1S/C13H20O2/c1-3-4-5-6-12(14)13(15)9-7-11(2)8-10-13/h11,15H,5-10H2,1-2H3. The number of hydrogen-bond acceptors (Lipinski definition) is 2. The van der Waals surface area contributed by atoms with E-state index in [4.69, 9.17) is 0 Å². The van der Waals surface area contributed by atoms with Gasteiger partial charge in [-0.15, -0.1) is 11.8 Å². The van der Waals surface area contributed by atoms with Gasteiger partial charge in [-0.2, -0.15) is 0 Å². The number of carbonyl (C=O) groups excluding carboxylic acids is 1. The summed E-state index contributed by atoms with van der Waals surface area (Å²) in [6.07, 6.45) is 4.15. The summed E-state index contributed by atoms with van der Waals surface area (Å²) in [5.74, 6) is 6.25. The highest BCUT2D eigenvalue weighted by Gasteiger charge is 2.37. The molecule has 0 aliphatic heterocycles. The molecule has 0 heterocycles. The molecule has 1 saturated carbocycles. The smallest absolute Gasteiger partial charge is 0.165 e. The van der Waals surface area contributed by atoms with Gasteiger partial charge in [0.25, 0.3) is 0 Å². The van der Waals surface area contributed by atoms with Gasteiger partial charge in [-0.1, -0.05) is 6.92 Å². The first-order valence-corrected chi connectivity index (χ1v) is 5.74. The Labute approximate surface area is 92.1 Å². The molecule has 15 heavy (non-hydrogen) atoms. The molecule has 0 aromatic carbocycles. The summed E-state index contributed by atoms with van der Waals surface area (Å²) in [6, 6.07) is 0. The lowest BCUT2D eigenvalue weighted by atomic mass is 9.76. The average Bonchev–Trinajstić information content (AvgIpc) is 2.23. The van der Waals surface area contributed by atoms with Crippen molar-refractivity contribution < 1.29 is 9.90 Å². The van der Waals surface area contributed by atoms with Crippen molar-refractivity contribution in [2.75, 3.05) is 0 Å². The molecule has 1 aliphatic carbocycles. The van der Waals surface area contributed by atoms with Gasteiger partial charge in [0.15, 0.2) is 5.78 Å². The Morgan fingerprint density at radius 3 is 2.60 bits per heavy atom. The van der Waals surface area contributed by atoms with Crippen LogP contribution in [0.4, 0.5) is 0 Å². The first kappa shape index (κ1) is 12.3. The van der Waals surface area contributed by atoms with Crippen molar-refractivity contribution in [3.05, 3.63) is 0 Å². The number of aliphatic hydroxyl groups is 1. The number of hydrogen-bond donors (Lipinski definition) is 1. The summed E-state index contributed by atoms with van der Waals surface area (Å²) in [4.78, 5) is 11.8. The first-order valence-electron chi connectivity index (χ1n) is 5.74. The molecule has 2 nitrogen and oxygen atoms in total. The molecular weight excluding hydrogens is 188 g/mol. The first-order chi connectivity index (χ1) is 7.08.